The van der Waals surface area contributed by atoms with Crippen LogP contribution in [0.25, 0.3) is 0 Å². The molecule has 0 aliphatic carbocycles. The van der Waals surface area contributed by atoms with E-state index in [1.807, 2.05) is 0 Å². The molecule has 0 spiro atoms. The van der Waals surface area contributed by atoms with Crippen molar-refractivity contribution in [2.45, 2.75) is 32.1 Å². The molecule has 17 heavy (non-hydrogen) atoms. The number of alkyl halides is 2. The lowest BCUT2D eigenvalue weighted by Crippen LogP contribution is -2.34. The zero-order valence-corrected chi connectivity index (χ0v) is 10.0. The van der Waals surface area contributed by atoms with Gasteiger partial charge in [0.1, 0.15) is 0 Å². The predicted octanol–water partition coefficient (Wildman–Crippen LogP) is 1.49. The zero-order valence-electron chi connectivity index (χ0n) is 10.0. The molecule has 2 aliphatic heterocycles. The molecule has 2 heterocycles. The number of nitrogens with zero attached hydrogens (tertiary/aromatic N) is 1. The molecule has 0 aromatic heterocycles. The number of carbonyl (C=O) groups is 1. The summed E-state index contributed by atoms with van der Waals surface area (Å²) in [7, 11) is 0. The quantitative estimate of drug-likeness (QED) is 0.818. The molecule has 0 radical (unpaired) electrons. The second-order valence-electron chi connectivity index (χ2n) is 5.12. The Kier molecular flexibility index (Phi) is 4.31. The Morgan fingerprint density at radius 1 is 1.29 bits per heavy atom. The SMILES string of the molecule is O=C(CC1CCNCC1)N1CC[C@@H](C(F)F)C1. The van der Waals surface area contributed by atoms with Crippen LogP contribution in [-0.2, 0) is 4.79 Å². The zero-order chi connectivity index (χ0) is 12.3. The molecule has 0 saturated carbocycles. The molecule has 98 valence electrons. The van der Waals surface area contributed by atoms with E-state index in [0.717, 1.165) is 25.9 Å². The summed E-state index contributed by atoms with van der Waals surface area (Å²) in [4.78, 5) is 13.6. The number of piperidine rings is 1. The van der Waals surface area contributed by atoms with Crippen LogP contribution in [0.5, 0.6) is 0 Å². The van der Waals surface area contributed by atoms with Crippen LogP contribution < -0.4 is 5.32 Å². The van der Waals surface area contributed by atoms with Gasteiger partial charge in [0.2, 0.25) is 12.3 Å². The van der Waals surface area contributed by atoms with Crippen molar-refractivity contribution in [3.8, 4) is 0 Å². The van der Waals surface area contributed by atoms with Gasteiger partial charge in [-0.3, -0.25) is 4.79 Å². The van der Waals surface area contributed by atoms with E-state index in [1.54, 1.807) is 4.90 Å². The van der Waals surface area contributed by atoms with E-state index in [4.69, 9.17) is 0 Å². The van der Waals surface area contributed by atoms with Crippen LogP contribution in [-0.4, -0.2) is 43.4 Å². The molecule has 2 saturated heterocycles. The van der Waals surface area contributed by atoms with Crippen LogP contribution in [0, 0.1) is 11.8 Å². The van der Waals surface area contributed by atoms with Gasteiger partial charge in [-0.15, -0.1) is 0 Å². The maximum atomic E-state index is 12.5. The van der Waals surface area contributed by atoms with Crippen molar-refractivity contribution in [2.75, 3.05) is 26.2 Å². The number of hydrogen-bond donors (Lipinski definition) is 1. The molecule has 3 nitrogen and oxygen atoms in total. The Labute approximate surface area is 101 Å². The third-order valence-electron chi connectivity index (χ3n) is 3.86. The Balaban J connectivity index is 1.76. The summed E-state index contributed by atoms with van der Waals surface area (Å²) >= 11 is 0. The lowest BCUT2D eigenvalue weighted by molar-refractivity contribution is -0.131. The molecule has 0 aromatic carbocycles. The number of halogens is 2. The minimum atomic E-state index is -2.29. The summed E-state index contributed by atoms with van der Waals surface area (Å²) in [5, 5.41) is 3.26. The van der Waals surface area contributed by atoms with Crippen LogP contribution in [0.3, 0.4) is 0 Å². The predicted molar refractivity (Wildman–Crippen MR) is 60.9 cm³/mol. The van der Waals surface area contributed by atoms with Crippen molar-refractivity contribution >= 4 is 5.91 Å². The molecule has 2 rings (SSSR count). The van der Waals surface area contributed by atoms with E-state index in [9.17, 15) is 13.6 Å². The van der Waals surface area contributed by atoms with Crippen LogP contribution in [0.4, 0.5) is 8.78 Å². The number of likely N-dealkylation sites (tertiary alicyclic amines) is 1. The minimum absolute atomic E-state index is 0.0695. The maximum absolute atomic E-state index is 12.5. The van der Waals surface area contributed by atoms with Crippen molar-refractivity contribution in [1.82, 2.24) is 10.2 Å². The number of nitrogens with one attached hydrogen (secondary N) is 1. The molecule has 1 atom stereocenters. The second-order valence-corrected chi connectivity index (χ2v) is 5.12. The van der Waals surface area contributed by atoms with Crippen molar-refractivity contribution in [3.63, 3.8) is 0 Å². The summed E-state index contributed by atoms with van der Waals surface area (Å²) in [5.74, 6) is -0.0960. The summed E-state index contributed by atoms with van der Waals surface area (Å²) < 4.78 is 25.0. The fraction of sp³-hybridized carbons (Fsp3) is 0.917. The topological polar surface area (TPSA) is 32.3 Å². The van der Waals surface area contributed by atoms with Gasteiger partial charge < -0.3 is 10.2 Å². The van der Waals surface area contributed by atoms with E-state index in [0.29, 0.717) is 25.3 Å². The summed E-state index contributed by atoms with van der Waals surface area (Å²) in [5.41, 5.74) is 0. The first-order chi connectivity index (χ1) is 8.16. The normalized spacial score (nSPS) is 26.8. The van der Waals surface area contributed by atoms with Crippen LogP contribution >= 0.6 is 0 Å². The Hall–Kier alpha value is -0.710. The number of carbonyl (C=O) groups excluding carboxylic acids is 1. The number of rotatable bonds is 3. The van der Waals surface area contributed by atoms with Crippen molar-refractivity contribution < 1.29 is 13.6 Å². The molecule has 0 unspecified atom stereocenters. The Morgan fingerprint density at radius 2 is 2.00 bits per heavy atom. The summed E-state index contributed by atoms with van der Waals surface area (Å²) in [6, 6.07) is 0. The van der Waals surface area contributed by atoms with Gasteiger partial charge in [0.25, 0.3) is 0 Å². The Bertz CT molecular complexity index is 267. The molecule has 1 amide bonds. The molecule has 0 bridgehead atoms. The third-order valence-corrected chi connectivity index (χ3v) is 3.86. The smallest absolute Gasteiger partial charge is 0.243 e. The average Bonchev–Trinajstić information content (AvgIpc) is 2.79. The number of hydrogen-bond acceptors (Lipinski definition) is 2. The highest BCUT2D eigenvalue weighted by Gasteiger charge is 2.32. The first kappa shape index (κ1) is 12.7. The lowest BCUT2D eigenvalue weighted by atomic mass is 9.94. The van der Waals surface area contributed by atoms with E-state index < -0.39 is 12.3 Å². The molecule has 5 heteroatoms. The highest BCUT2D eigenvalue weighted by Crippen LogP contribution is 2.25. The first-order valence-corrected chi connectivity index (χ1v) is 6.43. The fourth-order valence-electron chi connectivity index (χ4n) is 2.68. The van der Waals surface area contributed by atoms with Gasteiger partial charge in [-0.25, -0.2) is 8.78 Å². The first-order valence-electron chi connectivity index (χ1n) is 6.43. The minimum Gasteiger partial charge on any atom is -0.342 e. The Morgan fingerprint density at radius 3 is 2.59 bits per heavy atom. The fourth-order valence-corrected chi connectivity index (χ4v) is 2.68. The van der Waals surface area contributed by atoms with E-state index in [1.165, 1.54) is 0 Å². The van der Waals surface area contributed by atoms with Crippen LogP contribution in [0.2, 0.25) is 0 Å². The van der Waals surface area contributed by atoms with Crippen LogP contribution in [0.1, 0.15) is 25.7 Å². The highest BCUT2D eigenvalue weighted by atomic mass is 19.3. The average molecular weight is 246 g/mol. The van der Waals surface area contributed by atoms with Crippen LogP contribution in [0.15, 0.2) is 0 Å². The largest absolute Gasteiger partial charge is 0.342 e. The van der Waals surface area contributed by atoms with Crippen molar-refractivity contribution in [1.29, 1.82) is 0 Å². The number of amides is 1. The summed E-state index contributed by atoms with van der Waals surface area (Å²) in [6.45, 7) is 2.70. The molecule has 2 aliphatic rings. The van der Waals surface area contributed by atoms with Gasteiger partial charge in [0, 0.05) is 25.4 Å². The van der Waals surface area contributed by atoms with Gasteiger partial charge >= 0.3 is 0 Å². The van der Waals surface area contributed by atoms with Gasteiger partial charge in [0.05, 0.1) is 0 Å². The molecular weight excluding hydrogens is 226 g/mol. The van der Waals surface area contributed by atoms with Gasteiger partial charge in [0.15, 0.2) is 0 Å². The van der Waals surface area contributed by atoms with Crippen molar-refractivity contribution in [3.05, 3.63) is 0 Å². The molecule has 0 aromatic rings. The maximum Gasteiger partial charge on any atom is 0.243 e. The van der Waals surface area contributed by atoms with E-state index in [-0.39, 0.29) is 12.5 Å². The van der Waals surface area contributed by atoms with E-state index in [2.05, 4.69) is 5.32 Å². The van der Waals surface area contributed by atoms with Gasteiger partial charge in [-0.2, -0.15) is 0 Å². The monoisotopic (exact) mass is 246 g/mol. The molecule has 1 N–H and O–H groups in total. The van der Waals surface area contributed by atoms with Gasteiger partial charge in [-0.1, -0.05) is 0 Å². The second kappa shape index (κ2) is 5.76. The van der Waals surface area contributed by atoms with Crippen molar-refractivity contribution in [2.24, 2.45) is 11.8 Å². The van der Waals surface area contributed by atoms with E-state index >= 15 is 0 Å². The molecule has 2 fully saturated rings. The summed E-state index contributed by atoms with van der Waals surface area (Å²) in [6.07, 6.45) is 0.759. The molecular formula is C12H20F2N2O. The highest BCUT2D eigenvalue weighted by molar-refractivity contribution is 5.76. The standard InChI is InChI=1S/C12H20F2N2O/c13-12(14)10-3-6-16(8-10)11(17)7-9-1-4-15-5-2-9/h9-10,12,15H,1-8H2/t10-/m1/s1. The third kappa shape index (κ3) is 3.37. The lowest BCUT2D eigenvalue weighted by Gasteiger charge is -2.24. The van der Waals surface area contributed by atoms with Gasteiger partial charge in [-0.05, 0) is 38.3 Å².